The fourth-order valence-electron chi connectivity index (χ4n) is 2.72. The van der Waals surface area contributed by atoms with Crippen LogP contribution in [0.4, 0.5) is 5.69 Å². The first-order chi connectivity index (χ1) is 11.1. The van der Waals surface area contributed by atoms with E-state index >= 15 is 0 Å². The lowest BCUT2D eigenvalue weighted by molar-refractivity contribution is -0.385. The molecule has 24 heavy (non-hydrogen) atoms. The molecule has 1 aliphatic rings. The van der Waals surface area contributed by atoms with Crippen LogP contribution in [-0.2, 0) is 16.0 Å². The number of para-hydroxylation sites is 1. The average molecular weight is 358 g/mol. The monoisotopic (exact) mass is 357 g/mol. The third kappa shape index (κ3) is 5.74. The highest BCUT2D eigenvalue weighted by Crippen LogP contribution is 2.20. The molecule has 0 bridgehead atoms. The fraction of sp³-hybridized carbons (Fsp3) is 0.562. The molecule has 0 aromatic heterocycles. The summed E-state index contributed by atoms with van der Waals surface area (Å²) in [5.41, 5.74) is 5.89. The van der Waals surface area contributed by atoms with Crippen LogP contribution in [-0.4, -0.2) is 48.1 Å². The van der Waals surface area contributed by atoms with Crippen molar-refractivity contribution in [2.24, 2.45) is 5.73 Å². The van der Waals surface area contributed by atoms with E-state index < -0.39 is 4.92 Å². The van der Waals surface area contributed by atoms with Crippen molar-refractivity contribution in [1.29, 1.82) is 0 Å². The van der Waals surface area contributed by atoms with Gasteiger partial charge in [0.25, 0.3) is 5.69 Å². The molecule has 0 spiro atoms. The summed E-state index contributed by atoms with van der Waals surface area (Å²) in [6.07, 6.45) is 2.68. The molecule has 1 amide bonds. The second-order valence-electron chi connectivity index (χ2n) is 5.66. The summed E-state index contributed by atoms with van der Waals surface area (Å²) in [6.45, 7) is 2.54. The van der Waals surface area contributed by atoms with E-state index in [0.717, 1.165) is 19.3 Å². The Morgan fingerprint density at radius 2 is 2.00 bits per heavy atom. The van der Waals surface area contributed by atoms with Crippen molar-refractivity contribution in [1.82, 2.24) is 4.90 Å². The van der Waals surface area contributed by atoms with Gasteiger partial charge in [-0.3, -0.25) is 14.9 Å². The predicted molar refractivity (Wildman–Crippen MR) is 93.3 cm³/mol. The summed E-state index contributed by atoms with van der Waals surface area (Å²) >= 11 is 0. The Bertz CT molecular complexity index is 548. The summed E-state index contributed by atoms with van der Waals surface area (Å²) < 4.78 is 5.71. The number of carbonyl (C=O) groups excluding carboxylic acids is 1. The second kappa shape index (κ2) is 10.2. The normalized spacial score (nSPS) is 15.0. The highest BCUT2D eigenvalue weighted by molar-refractivity contribution is 5.85. The topological polar surface area (TPSA) is 98.7 Å². The Labute approximate surface area is 147 Å². The van der Waals surface area contributed by atoms with Gasteiger partial charge in [0, 0.05) is 31.3 Å². The summed E-state index contributed by atoms with van der Waals surface area (Å²) in [7, 11) is 0. The maximum absolute atomic E-state index is 12.4. The Kier molecular flexibility index (Phi) is 8.67. The number of nitrogens with two attached hydrogens (primary N) is 1. The largest absolute Gasteiger partial charge is 0.378 e. The number of nitro benzene ring substituents is 1. The zero-order chi connectivity index (χ0) is 16.7. The van der Waals surface area contributed by atoms with E-state index in [9.17, 15) is 14.9 Å². The number of halogens is 1. The number of likely N-dealkylation sites (tertiary alicyclic amines) is 1. The van der Waals surface area contributed by atoms with Crippen molar-refractivity contribution in [3.8, 4) is 0 Å². The molecule has 2 N–H and O–H groups in total. The van der Waals surface area contributed by atoms with Gasteiger partial charge in [0.15, 0.2) is 0 Å². The van der Waals surface area contributed by atoms with Gasteiger partial charge in [-0.15, -0.1) is 12.4 Å². The number of hydrogen-bond acceptors (Lipinski definition) is 5. The average Bonchev–Trinajstić information content (AvgIpc) is 2.56. The molecular weight excluding hydrogens is 334 g/mol. The number of ether oxygens (including phenoxy) is 1. The highest BCUT2D eigenvalue weighted by Gasteiger charge is 2.25. The lowest BCUT2D eigenvalue weighted by Gasteiger charge is -2.32. The molecule has 0 saturated carbocycles. The molecule has 1 fully saturated rings. The maximum Gasteiger partial charge on any atom is 0.273 e. The highest BCUT2D eigenvalue weighted by atomic mass is 35.5. The number of benzene rings is 1. The van der Waals surface area contributed by atoms with E-state index in [0.29, 0.717) is 31.8 Å². The molecule has 0 aliphatic carbocycles. The number of piperidine rings is 1. The first kappa shape index (κ1) is 20.3. The molecule has 134 valence electrons. The van der Waals surface area contributed by atoms with Crippen LogP contribution in [0.3, 0.4) is 0 Å². The number of amides is 1. The van der Waals surface area contributed by atoms with Gasteiger partial charge in [-0.25, -0.2) is 0 Å². The molecule has 1 heterocycles. The molecule has 8 heteroatoms. The minimum Gasteiger partial charge on any atom is -0.378 e. The van der Waals surface area contributed by atoms with Crippen molar-refractivity contribution in [2.45, 2.75) is 31.8 Å². The van der Waals surface area contributed by atoms with Crippen LogP contribution in [0, 0.1) is 10.1 Å². The third-order valence-electron chi connectivity index (χ3n) is 4.03. The lowest BCUT2D eigenvalue weighted by atomic mass is 10.0. The van der Waals surface area contributed by atoms with Gasteiger partial charge in [0.2, 0.25) is 5.91 Å². The van der Waals surface area contributed by atoms with E-state index in [4.69, 9.17) is 10.5 Å². The third-order valence-corrected chi connectivity index (χ3v) is 4.03. The van der Waals surface area contributed by atoms with Crippen molar-refractivity contribution >= 4 is 24.0 Å². The van der Waals surface area contributed by atoms with Crippen LogP contribution in [0.25, 0.3) is 0 Å². The molecule has 0 atom stereocenters. The Hall–Kier alpha value is -1.70. The first-order valence-electron chi connectivity index (χ1n) is 7.93. The Balaban J connectivity index is 0.00000288. The van der Waals surface area contributed by atoms with Crippen LogP contribution in [0.1, 0.15) is 24.8 Å². The summed E-state index contributed by atoms with van der Waals surface area (Å²) in [5.74, 6) is -0.0697. The molecule has 1 aromatic rings. The molecule has 1 aromatic carbocycles. The standard InChI is InChI=1S/C16H23N3O4.ClH/c17-8-3-11-23-14-6-9-18(10-7-14)16(20)12-13-4-1-2-5-15(13)19(21)22;/h1-2,4-5,14H,3,6-12,17H2;1H. The number of carbonyl (C=O) groups is 1. The first-order valence-corrected chi connectivity index (χ1v) is 7.93. The minimum atomic E-state index is -0.444. The van der Waals surface area contributed by atoms with E-state index in [2.05, 4.69) is 0 Å². The molecule has 0 unspecified atom stereocenters. The van der Waals surface area contributed by atoms with Crippen molar-refractivity contribution in [2.75, 3.05) is 26.2 Å². The Morgan fingerprint density at radius 3 is 2.62 bits per heavy atom. The number of nitrogens with zero attached hydrogens (tertiary/aromatic N) is 2. The fourth-order valence-corrected chi connectivity index (χ4v) is 2.72. The van der Waals surface area contributed by atoms with E-state index in [1.54, 1.807) is 23.1 Å². The number of rotatable bonds is 7. The van der Waals surface area contributed by atoms with Gasteiger partial charge in [-0.05, 0) is 25.8 Å². The maximum atomic E-state index is 12.4. The van der Waals surface area contributed by atoms with Crippen molar-refractivity contribution in [3.05, 3.63) is 39.9 Å². The van der Waals surface area contributed by atoms with Crippen LogP contribution in [0.2, 0.25) is 0 Å². The number of nitro groups is 1. The van der Waals surface area contributed by atoms with Gasteiger partial charge in [0.1, 0.15) is 0 Å². The molecule has 1 saturated heterocycles. The summed E-state index contributed by atoms with van der Waals surface area (Å²) in [5, 5.41) is 11.0. The zero-order valence-electron chi connectivity index (χ0n) is 13.6. The van der Waals surface area contributed by atoms with Crippen LogP contribution >= 0.6 is 12.4 Å². The van der Waals surface area contributed by atoms with Gasteiger partial charge in [-0.2, -0.15) is 0 Å². The van der Waals surface area contributed by atoms with Gasteiger partial charge in [0.05, 0.1) is 17.4 Å². The van der Waals surface area contributed by atoms with Crippen LogP contribution in [0.15, 0.2) is 24.3 Å². The lowest BCUT2D eigenvalue weighted by Crippen LogP contribution is -2.41. The quantitative estimate of drug-likeness (QED) is 0.456. The SMILES string of the molecule is Cl.NCCCOC1CCN(C(=O)Cc2ccccc2[N+](=O)[O-])CC1. The van der Waals surface area contributed by atoms with Crippen LogP contribution < -0.4 is 5.73 Å². The van der Waals surface area contributed by atoms with E-state index in [1.807, 2.05) is 0 Å². The van der Waals surface area contributed by atoms with Crippen molar-refractivity contribution in [3.63, 3.8) is 0 Å². The Morgan fingerprint density at radius 1 is 1.33 bits per heavy atom. The van der Waals surface area contributed by atoms with E-state index in [-0.39, 0.29) is 36.5 Å². The van der Waals surface area contributed by atoms with Crippen LogP contribution in [0.5, 0.6) is 0 Å². The van der Waals surface area contributed by atoms with E-state index in [1.165, 1.54) is 6.07 Å². The second-order valence-corrected chi connectivity index (χ2v) is 5.66. The number of hydrogen-bond donors (Lipinski definition) is 1. The van der Waals surface area contributed by atoms with Gasteiger partial charge < -0.3 is 15.4 Å². The summed E-state index contributed by atoms with van der Waals surface area (Å²) in [6, 6.07) is 6.39. The predicted octanol–water partition coefficient (Wildman–Crippen LogP) is 1.92. The van der Waals surface area contributed by atoms with Gasteiger partial charge in [-0.1, -0.05) is 18.2 Å². The smallest absolute Gasteiger partial charge is 0.273 e. The molecule has 2 rings (SSSR count). The molecular formula is C16H24ClN3O4. The van der Waals surface area contributed by atoms with Crippen molar-refractivity contribution < 1.29 is 14.5 Å². The summed E-state index contributed by atoms with van der Waals surface area (Å²) in [4.78, 5) is 24.7. The molecule has 7 nitrogen and oxygen atoms in total. The molecule has 0 radical (unpaired) electrons. The molecule has 1 aliphatic heterocycles. The minimum absolute atomic E-state index is 0. The van der Waals surface area contributed by atoms with Gasteiger partial charge >= 0.3 is 0 Å². The zero-order valence-corrected chi connectivity index (χ0v) is 14.4.